The van der Waals surface area contributed by atoms with Crippen molar-refractivity contribution in [2.45, 2.75) is 51.6 Å². The molecular formula is C21H29N6O+. The van der Waals surface area contributed by atoms with Gasteiger partial charge in [0.2, 0.25) is 0 Å². The maximum atomic E-state index is 9.49. The first-order chi connectivity index (χ1) is 13.8. The number of aromatic amines is 1. The number of hydrogen-bond donors (Lipinski definition) is 2. The van der Waals surface area contributed by atoms with Crippen molar-refractivity contribution in [2.24, 2.45) is 0 Å². The van der Waals surface area contributed by atoms with Crippen LogP contribution in [-0.2, 0) is 13.0 Å². The highest BCUT2D eigenvalue weighted by Gasteiger charge is 2.24. The average molecular weight is 382 g/mol. The SMILES string of the molecule is CCc1cnn2c(NCc3ccc[nH+]c3)cc(N3CCCC[C@H]3CCO)nc12. The molecule has 4 rings (SSSR count). The summed E-state index contributed by atoms with van der Waals surface area (Å²) in [5.41, 5.74) is 3.23. The summed E-state index contributed by atoms with van der Waals surface area (Å²) < 4.78 is 1.90. The highest BCUT2D eigenvalue weighted by molar-refractivity contribution is 5.61. The Balaban J connectivity index is 1.70. The zero-order chi connectivity index (χ0) is 19.3. The summed E-state index contributed by atoms with van der Waals surface area (Å²) in [7, 11) is 0. The minimum Gasteiger partial charge on any atom is -0.396 e. The van der Waals surface area contributed by atoms with Crippen LogP contribution in [0.2, 0.25) is 0 Å². The van der Waals surface area contributed by atoms with Gasteiger partial charge in [0.1, 0.15) is 11.6 Å². The van der Waals surface area contributed by atoms with Gasteiger partial charge in [-0.1, -0.05) is 6.92 Å². The number of anilines is 2. The Kier molecular flexibility index (Phi) is 5.71. The second-order valence-electron chi connectivity index (χ2n) is 7.38. The van der Waals surface area contributed by atoms with Crippen molar-refractivity contribution < 1.29 is 10.1 Å². The normalized spacial score (nSPS) is 17.2. The van der Waals surface area contributed by atoms with Crippen molar-refractivity contribution >= 4 is 17.3 Å². The third-order valence-electron chi connectivity index (χ3n) is 5.54. The van der Waals surface area contributed by atoms with Gasteiger partial charge in [-0.2, -0.15) is 9.61 Å². The number of fused-ring (bicyclic) bond motifs is 1. The summed E-state index contributed by atoms with van der Waals surface area (Å²) in [6, 6.07) is 6.53. The van der Waals surface area contributed by atoms with E-state index in [2.05, 4.69) is 39.4 Å². The highest BCUT2D eigenvalue weighted by Crippen LogP contribution is 2.28. The summed E-state index contributed by atoms with van der Waals surface area (Å²) in [5, 5.41) is 17.6. The summed E-state index contributed by atoms with van der Waals surface area (Å²) >= 11 is 0. The fourth-order valence-corrected chi connectivity index (χ4v) is 4.00. The maximum Gasteiger partial charge on any atom is 0.171 e. The Morgan fingerprint density at radius 1 is 1.36 bits per heavy atom. The van der Waals surface area contributed by atoms with Gasteiger partial charge in [-0.25, -0.2) is 9.97 Å². The molecule has 0 amide bonds. The molecule has 3 aromatic rings. The molecule has 28 heavy (non-hydrogen) atoms. The molecule has 7 nitrogen and oxygen atoms in total. The van der Waals surface area contributed by atoms with Crippen LogP contribution in [0.1, 0.15) is 43.7 Å². The van der Waals surface area contributed by atoms with Gasteiger partial charge in [0.05, 0.1) is 6.20 Å². The fraction of sp³-hybridized carbons (Fsp3) is 0.476. The molecule has 148 valence electrons. The molecule has 7 heteroatoms. The van der Waals surface area contributed by atoms with E-state index in [9.17, 15) is 5.11 Å². The lowest BCUT2D eigenvalue weighted by Gasteiger charge is -2.36. The minimum absolute atomic E-state index is 0.214. The molecule has 0 radical (unpaired) electrons. The van der Waals surface area contributed by atoms with Crippen molar-refractivity contribution in [3.63, 3.8) is 0 Å². The third kappa shape index (κ3) is 3.80. The van der Waals surface area contributed by atoms with Crippen molar-refractivity contribution in [3.8, 4) is 0 Å². The van der Waals surface area contributed by atoms with Gasteiger partial charge in [0.25, 0.3) is 0 Å². The van der Waals surface area contributed by atoms with Crippen LogP contribution in [0.3, 0.4) is 0 Å². The lowest BCUT2D eigenvalue weighted by molar-refractivity contribution is -0.378. The van der Waals surface area contributed by atoms with E-state index in [1.807, 2.05) is 29.2 Å². The van der Waals surface area contributed by atoms with Crippen molar-refractivity contribution in [3.05, 3.63) is 47.9 Å². The zero-order valence-electron chi connectivity index (χ0n) is 16.4. The molecule has 4 heterocycles. The van der Waals surface area contributed by atoms with E-state index in [-0.39, 0.29) is 6.61 Å². The molecule has 0 spiro atoms. The summed E-state index contributed by atoms with van der Waals surface area (Å²) in [4.78, 5) is 10.5. The van der Waals surface area contributed by atoms with Gasteiger partial charge in [0, 0.05) is 49.0 Å². The van der Waals surface area contributed by atoms with Crippen molar-refractivity contribution in [1.29, 1.82) is 0 Å². The molecule has 3 N–H and O–H groups in total. The third-order valence-corrected chi connectivity index (χ3v) is 5.54. The quantitative estimate of drug-likeness (QED) is 0.657. The lowest BCUT2D eigenvalue weighted by atomic mass is 9.99. The minimum atomic E-state index is 0.214. The van der Waals surface area contributed by atoms with E-state index >= 15 is 0 Å². The molecule has 0 bridgehead atoms. The largest absolute Gasteiger partial charge is 0.396 e. The van der Waals surface area contributed by atoms with Crippen LogP contribution in [0.15, 0.2) is 36.8 Å². The Hall–Kier alpha value is -2.67. The molecule has 1 saturated heterocycles. The van der Waals surface area contributed by atoms with Crippen LogP contribution in [0.4, 0.5) is 11.6 Å². The summed E-state index contributed by atoms with van der Waals surface area (Å²) in [6.07, 6.45) is 11.0. The highest BCUT2D eigenvalue weighted by atomic mass is 16.3. The van der Waals surface area contributed by atoms with E-state index in [4.69, 9.17) is 4.98 Å². The molecule has 1 fully saturated rings. The Morgan fingerprint density at radius 2 is 2.29 bits per heavy atom. The van der Waals surface area contributed by atoms with Crippen LogP contribution in [0, 0.1) is 0 Å². The van der Waals surface area contributed by atoms with E-state index in [1.54, 1.807) is 0 Å². The van der Waals surface area contributed by atoms with Gasteiger partial charge in [-0.3, -0.25) is 0 Å². The molecule has 1 aliphatic heterocycles. The average Bonchev–Trinajstić information content (AvgIpc) is 3.16. The number of H-pyrrole nitrogens is 1. The van der Waals surface area contributed by atoms with Gasteiger partial charge in [-0.15, -0.1) is 0 Å². The number of aliphatic hydroxyl groups excluding tert-OH is 1. The van der Waals surface area contributed by atoms with Crippen LogP contribution in [0.25, 0.3) is 5.65 Å². The number of rotatable bonds is 7. The molecule has 1 atom stereocenters. The number of aryl methyl sites for hydroxylation is 1. The standard InChI is InChI=1S/C21H28N6O/c1-2-17-15-24-27-19(23-14-16-6-5-9-22-13-16)12-20(25-21(17)27)26-10-4-3-7-18(26)8-11-28/h5-6,9,12-13,15,18,23,28H,2-4,7-8,10-11,14H2,1H3/p+1/t18-/m0/s1. The van der Waals surface area contributed by atoms with Crippen LogP contribution >= 0.6 is 0 Å². The van der Waals surface area contributed by atoms with Crippen LogP contribution in [-0.4, -0.2) is 38.9 Å². The van der Waals surface area contributed by atoms with Gasteiger partial charge in [-0.05, 0) is 38.2 Å². The molecule has 0 aliphatic carbocycles. The van der Waals surface area contributed by atoms with E-state index < -0.39 is 0 Å². The predicted octanol–water partition coefficient (Wildman–Crippen LogP) is 2.46. The van der Waals surface area contributed by atoms with Gasteiger partial charge >= 0.3 is 0 Å². The number of aliphatic hydroxyl groups is 1. The molecular weight excluding hydrogens is 352 g/mol. The summed E-state index contributed by atoms with van der Waals surface area (Å²) in [6.45, 7) is 4.04. The first-order valence-corrected chi connectivity index (χ1v) is 10.2. The van der Waals surface area contributed by atoms with Gasteiger partial charge in [0.15, 0.2) is 18.0 Å². The van der Waals surface area contributed by atoms with E-state index in [0.717, 1.165) is 55.1 Å². The number of nitrogens with one attached hydrogen (secondary N) is 2. The summed E-state index contributed by atoms with van der Waals surface area (Å²) in [5.74, 6) is 1.92. The molecule has 1 aliphatic rings. The van der Waals surface area contributed by atoms with E-state index in [0.29, 0.717) is 12.6 Å². The Morgan fingerprint density at radius 3 is 3.07 bits per heavy atom. The number of aromatic nitrogens is 4. The maximum absolute atomic E-state index is 9.49. The first kappa shape index (κ1) is 18.7. The topological polar surface area (TPSA) is 79.8 Å². The monoisotopic (exact) mass is 381 g/mol. The first-order valence-electron chi connectivity index (χ1n) is 10.2. The Bertz CT molecular complexity index is 908. The van der Waals surface area contributed by atoms with Gasteiger partial charge < -0.3 is 15.3 Å². The fourth-order valence-electron chi connectivity index (χ4n) is 4.00. The van der Waals surface area contributed by atoms with Crippen LogP contribution in [0.5, 0.6) is 0 Å². The predicted molar refractivity (Wildman–Crippen MR) is 109 cm³/mol. The zero-order valence-corrected chi connectivity index (χ0v) is 16.4. The second-order valence-corrected chi connectivity index (χ2v) is 7.38. The Labute approximate surface area is 165 Å². The van der Waals surface area contributed by atoms with E-state index in [1.165, 1.54) is 12.0 Å². The van der Waals surface area contributed by atoms with Crippen molar-refractivity contribution in [2.75, 3.05) is 23.4 Å². The molecule has 0 unspecified atom stereocenters. The molecule has 3 aromatic heterocycles. The second kappa shape index (κ2) is 8.56. The molecule has 0 aromatic carbocycles. The molecule has 0 saturated carbocycles. The smallest absolute Gasteiger partial charge is 0.171 e. The number of piperidine rings is 1. The van der Waals surface area contributed by atoms with Crippen molar-refractivity contribution in [1.82, 2.24) is 14.6 Å². The number of nitrogens with zero attached hydrogens (tertiary/aromatic N) is 4. The lowest BCUT2D eigenvalue weighted by Crippen LogP contribution is -2.40. The number of pyridine rings is 1. The van der Waals surface area contributed by atoms with Crippen LogP contribution < -0.4 is 15.2 Å². The number of hydrogen-bond acceptors (Lipinski definition) is 5.